The Hall–Kier alpha value is -1.42. The minimum atomic E-state index is 0.197. The van der Waals surface area contributed by atoms with Gasteiger partial charge in [-0.2, -0.15) is 0 Å². The first-order chi connectivity index (χ1) is 9.79. The van der Waals surface area contributed by atoms with Crippen LogP contribution in [0.2, 0.25) is 5.02 Å². The molecule has 0 aliphatic carbocycles. The Morgan fingerprint density at radius 3 is 2.65 bits per heavy atom. The summed E-state index contributed by atoms with van der Waals surface area (Å²) in [5.41, 5.74) is 2.38. The fourth-order valence-electron chi connectivity index (χ4n) is 2.11. The van der Waals surface area contributed by atoms with Crippen LogP contribution < -0.4 is 5.32 Å². The minimum Gasteiger partial charge on any atom is -0.396 e. The molecule has 1 aromatic carbocycles. The molecule has 1 heterocycles. The highest BCUT2D eigenvalue weighted by molar-refractivity contribution is 6.30. The monoisotopic (exact) mass is 290 g/mol. The Balaban J connectivity index is 2.09. The molecule has 0 spiro atoms. The van der Waals surface area contributed by atoms with Gasteiger partial charge in [0.25, 0.3) is 0 Å². The number of hydrogen-bond acceptors (Lipinski definition) is 3. The highest BCUT2D eigenvalue weighted by atomic mass is 35.5. The number of aliphatic hydroxyl groups excluding tert-OH is 1. The third kappa shape index (κ3) is 4.60. The maximum Gasteiger partial charge on any atom is 0.0443 e. The van der Waals surface area contributed by atoms with E-state index in [4.69, 9.17) is 16.7 Å². The van der Waals surface area contributed by atoms with Crippen LogP contribution in [0.25, 0.3) is 0 Å². The second-order valence-electron chi connectivity index (χ2n) is 4.70. The number of aromatic nitrogens is 1. The molecule has 3 nitrogen and oxygen atoms in total. The van der Waals surface area contributed by atoms with Gasteiger partial charge in [-0.3, -0.25) is 4.98 Å². The van der Waals surface area contributed by atoms with Gasteiger partial charge in [0.1, 0.15) is 0 Å². The summed E-state index contributed by atoms with van der Waals surface area (Å²) in [5.74, 6) is 0. The molecule has 0 radical (unpaired) electrons. The molecule has 0 aliphatic heterocycles. The Labute approximate surface area is 124 Å². The van der Waals surface area contributed by atoms with Crippen molar-refractivity contribution in [2.45, 2.75) is 18.9 Å². The summed E-state index contributed by atoms with van der Waals surface area (Å²) in [5, 5.41) is 13.1. The van der Waals surface area contributed by atoms with Crippen molar-refractivity contribution in [2.75, 3.05) is 13.2 Å². The van der Waals surface area contributed by atoms with Crippen LogP contribution in [-0.2, 0) is 6.42 Å². The molecular formula is C16H19ClN2O. The average Bonchev–Trinajstić information content (AvgIpc) is 2.48. The first-order valence-corrected chi connectivity index (χ1v) is 7.16. The lowest BCUT2D eigenvalue weighted by atomic mass is 10.00. The van der Waals surface area contributed by atoms with Gasteiger partial charge in [-0.05, 0) is 48.7 Å². The van der Waals surface area contributed by atoms with Crippen molar-refractivity contribution < 1.29 is 5.11 Å². The van der Waals surface area contributed by atoms with Gasteiger partial charge in [0, 0.05) is 30.1 Å². The second-order valence-corrected chi connectivity index (χ2v) is 5.14. The van der Waals surface area contributed by atoms with Gasteiger partial charge in [-0.15, -0.1) is 0 Å². The molecule has 2 rings (SSSR count). The predicted octanol–water partition coefficient (Wildman–Crippen LogP) is 2.99. The first kappa shape index (κ1) is 15.0. The number of nitrogens with zero attached hydrogens (tertiary/aromatic N) is 1. The van der Waals surface area contributed by atoms with Gasteiger partial charge in [-0.25, -0.2) is 0 Å². The number of aliphatic hydroxyl groups is 1. The van der Waals surface area contributed by atoms with E-state index in [1.54, 1.807) is 6.20 Å². The van der Waals surface area contributed by atoms with Crippen LogP contribution in [0.4, 0.5) is 0 Å². The Bertz CT molecular complexity index is 502. The molecule has 2 N–H and O–H groups in total. The lowest BCUT2D eigenvalue weighted by molar-refractivity contribution is 0.283. The van der Waals surface area contributed by atoms with Gasteiger partial charge in [-0.1, -0.05) is 29.8 Å². The van der Waals surface area contributed by atoms with Crippen molar-refractivity contribution in [2.24, 2.45) is 0 Å². The van der Waals surface area contributed by atoms with Crippen molar-refractivity contribution in [3.05, 3.63) is 64.9 Å². The smallest absolute Gasteiger partial charge is 0.0443 e. The Kier molecular flexibility index (Phi) is 5.99. The van der Waals surface area contributed by atoms with E-state index in [1.165, 1.54) is 11.1 Å². The van der Waals surface area contributed by atoms with E-state index in [-0.39, 0.29) is 12.6 Å². The highest BCUT2D eigenvalue weighted by Gasteiger charge is 2.11. The van der Waals surface area contributed by atoms with Crippen molar-refractivity contribution >= 4 is 11.6 Å². The second kappa shape index (κ2) is 8.00. The topological polar surface area (TPSA) is 45.1 Å². The summed E-state index contributed by atoms with van der Waals surface area (Å²) in [4.78, 5) is 4.15. The Morgan fingerprint density at radius 1 is 1.20 bits per heavy atom. The van der Waals surface area contributed by atoms with Crippen LogP contribution in [0.15, 0.2) is 48.8 Å². The van der Waals surface area contributed by atoms with Crippen molar-refractivity contribution in [3.63, 3.8) is 0 Å². The summed E-state index contributed by atoms with van der Waals surface area (Å²) in [6.45, 7) is 0.983. The molecule has 20 heavy (non-hydrogen) atoms. The van der Waals surface area contributed by atoms with Crippen molar-refractivity contribution in [1.29, 1.82) is 0 Å². The molecule has 1 atom stereocenters. The summed E-state index contributed by atoms with van der Waals surface area (Å²) in [6, 6.07) is 12.1. The average molecular weight is 291 g/mol. The van der Waals surface area contributed by atoms with E-state index in [9.17, 15) is 0 Å². The fraction of sp³-hybridized carbons (Fsp3) is 0.312. The van der Waals surface area contributed by atoms with Crippen LogP contribution in [0.3, 0.4) is 0 Å². The molecule has 0 saturated carbocycles. The quantitative estimate of drug-likeness (QED) is 0.771. The molecule has 4 heteroatoms. The molecule has 1 unspecified atom stereocenters. The number of nitrogens with one attached hydrogen (secondary N) is 1. The van der Waals surface area contributed by atoms with Crippen LogP contribution in [0, 0.1) is 0 Å². The standard InChI is InChI=1S/C16H19ClN2O/c17-15-6-4-14(5-7-15)16(19-9-2-10-20)11-13-3-1-8-18-12-13/h1,3-8,12,16,19-20H,2,9-11H2. The van der Waals surface area contributed by atoms with Crippen LogP contribution in [0.1, 0.15) is 23.6 Å². The van der Waals surface area contributed by atoms with Gasteiger partial charge < -0.3 is 10.4 Å². The van der Waals surface area contributed by atoms with Crippen molar-refractivity contribution in [1.82, 2.24) is 10.3 Å². The predicted molar refractivity (Wildman–Crippen MR) is 81.8 cm³/mol. The lowest BCUT2D eigenvalue weighted by Crippen LogP contribution is -2.25. The highest BCUT2D eigenvalue weighted by Crippen LogP contribution is 2.20. The zero-order chi connectivity index (χ0) is 14.2. The third-order valence-electron chi connectivity index (χ3n) is 3.16. The molecular weight excluding hydrogens is 272 g/mol. The molecule has 0 bridgehead atoms. The summed E-state index contributed by atoms with van der Waals surface area (Å²) in [7, 11) is 0. The maximum absolute atomic E-state index is 8.91. The van der Waals surface area contributed by atoms with Crippen molar-refractivity contribution in [3.8, 4) is 0 Å². The Morgan fingerprint density at radius 2 is 2.00 bits per heavy atom. The van der Waals surface area contributed by atoms with Gasteiger partial charge in [0.15, 0.2) is 0 Å². The lowest BCUT2D eigenvalue weighted by Gasteiger charge is -2.19. The molecule has 1 aromatic heterocycles. The van der Waals surface area contributed by atoms with Crippen LogP contribution >= 0.6 is 11.6 Å². The fourth-order valence-corrected chi connectivity index (χ4v) is 2.24. The minimum absolute atomic E-state index is 0.197. The third-order valence-corrected chi connectivity index (χ3v) is 3.41. The number of halogens is 1. The van der Waals surface area contributed by atoms with Crippen LogP contribution in [-0.4, -0.2) is 23.2 Å². The van der Waals surface area contributed by atoms with Gasteiger partial charge >= 0.3 is 0 Å². The molecule has 106 valence electrons. The van der Waals surface area contributed by atoms with E-state index in [2.05, 4.69) is 16.4 Å². The normalized spacial score (nSPS) is 12.3. The van der Waals surface area contributed by atoms with E-state index >= 15 is 0 Å². The maximum atomic E-state index is 8.91. The number of hydrogen-bond donors (Lipinski definition) is 2. The first-order valence-electron chi connectivity index (χ1n) is 6.78. The van der Waals surface area contributed by atoms with E-state index in [1.807, 2.05) is 36.5 Å². The van der Waals surface area contributed by atoms with E-state index in [0.717, 1.165) is 24.4 Å². The van der Waals surface area contributed by atoms with E-state index in [0.29, 0.717) is 0 Å². The number of rotatable bonds is 7. The number of benzene rings is 1. The largest absolute Gasteiger partial charge is 0.396 e. The molecule has 0 saturated heterocycles. The summed E-state index contributed by atoms with van der Waals surface area (Å²) < 4.78 is 0. The molecule has 0 aliphatic rings. The molecule has 0 amide bonds. The van der Waals surface area contributed by atoms with Gasteiger partial charge in [0.05, 0.1) is 0 Å². The van der Waals surface area contributed by atoms with Crippen LogP contribution in [0.5, 0.6) is 0 Å². The zero-order valence-electron chi connectivity index (χ0n) is 11.3. The summed E-state index contributed by atoms with van der Waals surface area (Å²) in [6.07, 6.45) is 5.27. The van der Waals surface area contributed by atoms with E-state index < -0.39 is 0 Å². The SMILES string of the molecule is OCCCNC(Cc1cccnc1)c1ccc(Cl)cc1. The zero-order valence-corrected chi connectivity index (χ0v) is 12.1. The molecule has 0 fully saturated rings. The molecule has 2 aromatic rings. The number of pyridine rings is 1. The van der Waals surface area contributed by atoms with Gasteiger partial charge in [0.2, 0.25) is 0 Å². The summed E-state index contributed by atoms with van der Waals surface area (Å²) >= 11 is 5.94.